The molecule has 2 aromatic carbocycles. The van der Waals surface area contributed by atoms with Gasteiger partial charge in [-0.2, -0.15) is 18.2 Å². The third-order valence-electron chi connectivity index (χ3n) is 9.40. The van der Waals surface area contributed by atoms with Gasteiger partial charge in [0.05, 0.1) is 11.9 Å². The normalized spacial score (nSPS) is 18.8. The molecular formula is C35H36F3N7O3. The summed E-state index contributed by atoms with van der Waals surface area (Å²) in [6, 6.07) is 20.7. The second-order valence-electron chi connectivity index (χ2n) is 12.4. The van der Waals surface area contributed by atoms with Crippen LogP contribution in [0.25, 0.3) is 0 Å². The monoisotopic (exact) mass is 659 g/mol. The highest BCUT2D eigenvalue weighted by atomic mass is 19.4. The van der Waals surface area contributed by atoms with Crippen molar-refractivity contribution >= 4 is 29.3 Å². The molecule has 2 fully saturated rings. The van der Waals surface area contributed by atoms with Crippen molar-refractivity contribution in [1.29, 1.82) is 0 Å². The van der Waals surface area contributed by atoms with Crippen LogP contribution in [0.15, 0.2) is 77.3 Å². The number of pyridine rings is 1. The summed E-state index contributed by atoms with van der Waals surface area (Å²) in [4.78, 5) is 40.1. The number of nitrogens with zero attached hydrogens (tertiary/aromatic N) is 5. The van der Waals surface area contributed by atoms with Gasteiger partial charge in [-0.15, -0.1) is 0 Å². The number of fused-ring (bicyclic) bond motifs is 1. The number of nitrogens with one attached hydrogen (secondary N) is 2. The first-order valence-corrected chi connectivity index (χ1v) is 16.2. The molecule has 0 radical (unpaired) electrons. The lowest BCUT2D eigenvalue weighted by Gasteiger charge is -2.38. The summed E-state index contributed by atoms with van der Waals surface area (Å²) < 4.78 is 47.3. The molecule has 1 unspecified atom stereocenters. The minimum Gasteiger partial charge on any atom is -0.417 e. The maximum atomic E-state index is 14.0. The van der Waals surface area contributed by atoms with Crippen LogP contribution in [-0.4, -0.2) is 72.5 Å². The average Bonchev–Trinajstić information content (AvgIpc) is 3.59. The van der Waals surface area contributed by atoms with Crippen LogP contribution in [0.2, 0.25) is 0 Å². The zero-order chi connectivity index (χ0) is 33.3. The van der Waals surface area contributed by atoms with E-state index in [4.69, 9.17) is 4.42 Å². The summed E-state index contributed by atoms with van der Waals surface area (Å²) in [5.41, 5.74) is 2.28. The van der Waals surface area contributed by atoms with Gasteiger partial charge in [0.1, 0.15) is 11.9 Å². The molecule has 4 aromatic rings. The number of halogens is 3. The van der Waals surface area contributed by atoms with Gasteiger partial charge in [-0.3, -0.25) is 9.59 Å². The lowest BCUT2D eigenvalue weighted by Crippen LogP contribution is -2.52. The standard InChI is InChI=1S/C35H36F3N7O3/c36-35(37,38)31-30(48-34(42-31)45-16-13-24(14-17-45)23-6-2-1-3-7-23)32(46)41-26-10-11-28(40-22-26)43-18-20-44(21-19-43)33(47)29-27-9-5-4-8-25(27)12-15-39-29/h1-11,22,24,29,39H,12-21H2,(H,41,46). The Morgan fingerprint density at radius 1 is 0.875 bits per heavy atom. The third kappa shape index (κ3) is 6.59. The number of anilines is 3. The molecule has 0 spiro atoms. The van der Waals surface area contributed by atoms with E-state index in [1.807, 2.05) is 46.2 Å². The maximum absolute atomic E-state index is 14.0. The maximum Gasteiger partial charge on any atom is 0.437 e. The topological polar surface area (TPSA) is 107 Å². The molecule has 2 N–H and O–H groups in total. The van der Waals surface area contributed by atoms with Gasteiger partial charge in [-0.1, -0.05) is 54.6 Å². The van der Waals surface area contributed by atoms with Crippen molar-refractivity contribution in [3.05, 3.63) is 101 Å². The molecule has 5 heterocycles. The number of aromatic nitrogens is 2. The number of carbonyl (C=O) groups excluding carboxylic acids is 2. The zero-order valence-corrected chi connectivity index (χ0v) is 26.2. The van der Waals surface area contributed by atoms with Gasteiger partial charge in [-0.25, -0.2) is 4.98 Å². The van der Waals surface area contributed by atoms with Gasteiger partial charge in [0.15, 0.2) is 5.69 Å². The Balaban J connectivity index is 0.963. The molecule has 0 saturated carbocycles. The molecule has 48 heavy (non-hydrogen) atoms. The van der Waals surface area contributed by atoms with Crippen molar-refractivity contribution in [3.63, 3.8) is 0 Å². The summed E-state index contributed by atoms with van der Waals surface area (Å²) in [6.45, 7) is 3.85. The van der Waals surface area contributed by atoms with E-state index >= 15 is 0 Å². The van der Waals surface area contributed by atoms with Crippen LogP contribution in [0.1, 0.15) is 57.7 Å². The highest BCUT2D eigenvalue weighted by Gasteiger charge is 2.42. The van der Waals surface area contributed by atoms with E-state index in [0.717, 1.165) is 31.4 Å². The summed E-state index contributed by atoms with van der Waals surface area (Å²) in [5, 5.41) is 5.84. The summed E-state index contributed by atoms with van der Waals surface area (Å²) in [6.07, 6.45) is -1.13. The van der Waals surface area contributed by atoms with Gasteiger partial charge < -0.3 is 29.8 Å². The Morgan fingerprint density at radius 2 is 1.60 bits per heavy atom. The van der Waals surface area contributed by atoms with Crippen molar-refractivity contribution in [2.75, 3.05) is 60.9 Å². The van der Waals surface area contributed by atoms with Crippen LogP contribution in [0.3, 0.4) is 0 Å². The first-order valence-electron chi connectivity index (χ1n) is 16.2. The van der Waals surface area contributed by atoms with Crippen molar-refractivity contribution in [2.45, 2.75) is 37.4 Å². The van der Waals surface area contributed by atoms with Gasteiger partial charge in [0.2, 0.25) is 11.7 Å². The van der Waals surface area contributed by atoms with Gasteiger partial charge in [0, 0.05) is 45.8 Å². The minimum absolute atomic E-state index is 0.0540. The molecule has 2 saturated heterocycles. The fraction of sp³-hybridized carbons (Fsp3) is 0.371. The number of benzene rings is 2. The second-order valence-corrected chi connectivity index (χ2v) is 12.4. The molecule has 0 aliphatic carbocycles. The van der Waals surface area contributed by atoms with Crippen LogP contribution in [-0.2, 0) is 17.4 Å². The van der Waals surface area contributed by atoms with E-state index in [9.17, 15) is 22.8 Å². The van der Waals surface area contributed by atoms with Crippen LogP contribution in [0, 0.1) is 0 Å². The highest BCUT2D eigenvalue weighted by molar-refractivity contribution is 6.03. The Morgan fingerprint density at radius 3 is 2.31 bits per heavy atom. The minimum atomic E-state index is -4.88. The number of amides is 2. The average molecular weight is 660 g/mol. The molecule has 2 amide bonds. The molecule has 0 bridgehead atoms. The number of oxazole rings is 1. The molecule has 3 aliphatic heterocycles. The van der Waals surface area contributed by atoms with Gasteiger partial charge in [-0.05, 0) is 54.0 Å². The molecule has 1 atom stereocenters. The Hall–Kier alpha value is -4.91. The molecule has 2 aromatic heterocycles. The number of rotatable bonds is 6. The van der Waals surface area contributed by atoms with Crippen LogP contribution < -0.4 is 20.4 Å². The number of piperidine rings is 1. The molecule has 13 heteroatoms. The summed E-state index contributed by atoms with van der Waals surface area (Å²) in [5.74, 6) is -0.958. The Kier molecular flexibility index (Phi) is 8.78. The fourth-order valence-corrected chi connectivity index (χ4v) is 6.82. The number of piperazine rings is 1. The van der Waals surface area contributed by atoms with E-state index in [0.29, 0.717) is 51.0 Å². The number of carbonyl (C=O) groups is 2. The van der Waals surface area contributed by atoms with Gasteiger partial charge in [0.25, 0.3) is 11.9 Å². The Bertz CT molecular complexity index is 1750. The lowest BCUT2D eigenvalue weighted by atomic mass is 9.90. The molecule has 250 valence electrons. The second kappa shape index (κ2) is 13.3. The molecule has 3 aliphatic rings. The van der Waals surface area contributed by atoms with Crippen LogP contribution in [0.5, 0.6) is 0 Å². The van der Waals surface area contributed by atoms with Gasteiger partial charge >= 0.3 is 6.18 Å². The highest BCUT2D eigenvalue weighted by Crippen LogP contribution is 2.36. The summed E-state index contributed by atoms with van der Waals surface area (Å²) in [7, 11) is 0. The van der Waals surface area contributed by atoms with E-state index in [1.165, 1.54) is 17.3 Å². The number of hydrogen-bond donors (Lipinski definition) is 2. The van der Waals surface area contributed by atoms with Crippen molar-refractivity contribution < 1.29 is 27.2 Å². The van der Waals surface area contributed by atoms with Crippen molar-refractivity contribution in [3.8, 4) is 0 Å². The predicted molar refractivity (Wildman–Crippen MR) is 174 cm³/mol. The fourth-order valence-electron chi connectivity index (χ4n) is 6.82. The van der Waals surface area contributed by atoms with Crippen molar-refractivity contribution in [1.82, 2.24) is 20.2 Å². The summed E-state index contributed by atoms with van der Waals surface area (Å²) >= 11 is 0. The first kappa shape index (κ1) is 31.7. The van der Waals surface area contributed by atoms with E-state index in [1.54, 1.807) is 17.0 Å². The van der Waals surface area contributed by atoms with E-state index in [-0.39, 0.29) is 23.7 Å². The van der Waals surface area contributed by atoms with Crippen LogP contribution in [0.4, 0.5) is 30.7 Å². The number of hydrogen-bond acceptors (Lipinski definition) is 8. The van der Waals surface area contributed by atoms with E-state index in [2.05, 4.69) is 38.8 Å². The molecular weight excluding hydrogens is 623 g/mol. The van der Waals surface area contributed by atoms with Crippen molar-refractivity contribution in [2.24, 2.45) is 0 Å². The van der Waals surface area contributed by atoms with Crippen LogP contribution >= 0.6 is 0 Å². The first-order chi connectivity index (χ1) is 23.2. The van der Waals surface area contributed by atoms with E-state index < -0.39 is 23.5 Å². The zero-order valence-electron chi connectivity index (χ0n) is 26.2. The SMILES string of the molecule is O=C(Nc1ccc(N2CCN(C(=O)C3NCCc4ccccc43)CC2)nc1)c1oc(N2CCC(c3ccccc3)CC2)nc1C(F)(F)F. The smallest absolute Gasteiger partial charge is 0.417 e. The Labute approximate surface area is 275 Å². The molecule has 7 rings (SSSR count). The largest absolute Gasteiger partial charge is 0.437 e. The predicted octanol–water partition coefficient (Wildman–Crippen LogP) is 5.26. The quantitative estimate of drug-likeness (QED) is 0.289. The number of alkyl halides is 3. The lowest BCUT2D eigenvalue weighted by molar-refractivity contribution is -0.141. The third-order valence-corrected chi connectivity index (χ3v) is 9.40. The molecule has 10 nitrogen and oxygen atoms in total.